The first kappa shape index (κ1) is 15.0. The number of halogens is 1. The smallest absolute Gasteiger partial charge is 0.224 e. The second-order valence-electron chi connectivity index (χ2n) is 6.08. The van der Waals surface area contributed by atoms with Crippen LogP contribution in [0.3, 0.4) is 0 Å². The van der Waals surface area contributed by atoms with Gasteiger partial charge in [-0.05, 0) is 38.1 Å². The van der Waals surface area contributed by atoms with Crippen molar-refractivity contribution in [3.05, 3.63) is 36.3 Å². The van der Waals surface area contributed by atoms with Gasteiger partial charge in [-0.25, -0.2) is 14.1 Å². The number of fused-ring (bicyclic) bond motifs is 1. The van der Waals surface area contributed by atoms with Gasteiger partial charge in [0.25, 0.3) is 0 Å². The van der Waals surface area contributed by atoms with Crippen LogP contribution in [0, 0.1) is 5.82 Å². The van der Waals surface area contributed by atoms with Gasteiger partial charge in [0.15, 0.2) is 5.65 Å². The first-order chi connectivity index (χ1) is 11.7. The zero-order chi connectivity index (χ0) is 16.5. The number of piperidine rings is 1. The molecule has 2 N–H and O–H groups in total. The molecule has 0 atom stereocenters. The van der Waals surface area contributed by atoms with Gasteiger partial charge in [-0.15, -0.1) is 0 Å². The van der Waals surface area contributed by atoms with Crippen LogP contribution in [0.25, 0.3) is 22.3 Å². The van der Waals surface area contributed by atoms with Crippen LogP contribution in [0.2, 0.25) is 0 Å². The van der Waals surface area contributed by atoms with Crippen molar-refractivity contribution in [3.8, 4) is 11.3 Å². The Morgan fingerprint density at radius 1 is 1.29 bits per heavy atom. The zero-order valence-corrected chi connectivity index (χ0v) is 13.5. The average molecular weight is 326 g/mol. The number of benzene rings is 1. The van der Waals surface area contributed by atoms with Gasteiger partial charge in [0.05, 0.1) is 5.39 Å². The molecule has 1 saturated heterocycles. The van der Waals surface area contributed by atoms with E-state index in [1.54, 1.807) is 16.9 Å². The molecule has 0 saturated carbocycles. The molecule has 24 heavy (non-hydrogen) atoms. The van der Waals surface area contributed by atoms with E-state index in [0.717, 1.165) is 42.5 Å². The monoisotopic (exact) mass is 326 g/mol. The van der Waals surface area contributed by atoms with E-state index in [-0.39, 0.29) is 5.82 Å². The Hall–Kier alpha value is -2.54. The molecule has 1 aliphatic heterocycles. The third-order valence-corrected chi connectivity index (χ3v) is 4.35. The number of aryl methyl sites for hydroxylation is 1. The fourth-order valence-electron chi connectivity index (χ4n) is 3.11. The third kappa shape index (κ3) is 2.82. The van der Waals surface area contributed by atoms with Gasteiger partial charge in [0.2, 0.25) is 5.95 Å². The Morgan fingerprint density at radius 3 is 2.92 bits per heavy atom. The summed E-state index contributed by atoms with van der Waals surface area (Å²) in [6.45, 7) is 2.02. The van der Waals surface area contributed by atoms with Gasteiger partial charge in [-0.3, -0.25) is 0 Å². The Balaban J connectivity index is 1.69. The summed E-state index contributed by atoms with van der Waals surface area (Å²) >= 11 is 0. The molecule has 3 heterocycles. The van der Waals surface area contributed by atoms with Gasteiger partial charge in [0.1, 0.15) is 11.5 Å². The number of aromatic nitrogens is 4. The van der Waals surface area contributed by atoms with Gasteiger partial charge in [-0.2, -0.15) is 10.1 Å². The lowest BCUT2D eigenvalue weighted by Crippen LogP contribution is -2.35. The minimum Gasteiger partial charge on any atom is -0.351 e. The summed E-state index contributed by atoms with van der Waals surface area (Å²) in [4.78, 5) is 9.03. The molecule has 0 unspecified atom stereocenters. The molecule has 3 aromatic rings. The van der Waals surface area contributed by atoms with Crippen molar-refractivity contribution in [1.29, 1.82) is 0 Å². The van der Waals surface area contributed by atoms with Crippen LogP contribution in [-0.2, 0) is 7.05 Å². The van der Waals surface area contributed by atoms with E-state index in [0.29, 0.717) is 17.7 Å². The number of anilines is 1. The highest BCUT2D eigenvalue weighted by Gasteiger charge is 2.17. The Morgan fingerprint density at radius 2 is 2.12 bits per heavy atom. The predicted molar refractivity (Wildman–Crippen MR) is 91.2 cm³/mol. The van der Waals surface area contributed by atoms with Crippen LogP contribution in [0.15, 0.2) is 30.5 Å². The summed E-state index contributed by atoms with van der Waals surface area (Å²) in [6.07, 6.45) is 3.88. The molecule has 7 heteroatoms. The molecule has 0 amide bonds. The van der Waals surface area contributed by atoms with Gasteiger partial charge >= 0.3 is 0 Å². The van der Waals surface area contributed by atoms with Crippen molar-refractivity contribution in [2.75, 3.05) is 18.4 Å². The highest BCUT2D eigenvalue weighted by atomic mass is 19.1. The highest BCUT2D eigenvalue weighted by Crippen LogP contribution is 2.27. The summed E-state index contributed by atoms with van der Waals surface area (Å²) in [5, 5.41) is 12.1. The first-order valence-electron chi connectivity index (χ1n) is 8.13. The van der Waals surface area contributed by atoms with Crippen LogP contribution in [0.5, 0.6) is 0 Å². The van der Waals surface area contributed by atoms with E-state index in [4.69, 9.17) is 0 Å². The van der Waals surface area contributed by atoms with E-state index in [1.807, 2.05) is 13.1 Å². The molecule has 124 valence electrons. The summed E-state index contributed by atoms with van der Waals surface area (Å²) < 4.78 is 15.2. The van der Waals surface area contributed by atoms with Crippen molar-refractivity contribution >= 4 is 17.0 Å². The maximum Gasteiger partial charge on any atom is 0.224 e. The summed E-state index contributed by atoms with van der Waals surface area (Å²) in [7, 11) is 1.84. The van der Waals surface area contributed by atoms with Crippen molar-refractivity contribution in [2.24, 2.45) is 7.05 Å². The summed E-state index contributed by atoms with van der Waals surface area (Å²) in [5.74, 6) is 0.333. The molecule has 1 aliphatic rings. The van der Waals surface area contributed by atoms with Crippen LogP contribution < -0.4 is 10.6 Å². The fraction of sp³-hybridized carbons (Fsp3) is 0.353. The quantitative estimate of drug-likeness (QED) is 0.773. The Bertz CT molecular complexity index is 869. The van der Waals surface area contributed by atoms with Crippen LogP contribution in [0.4, 0.5) is 10.3 Å². The van der Waals surface area contributed by atoms with Crippen LogP contribution >= 0.6 is 0 Å². The molecule has 0 bridgehead atoms. The average Bonchev–Trinajstić information content (AvgIpc) is 2.92. The summed E-state index contributed by atoms with van der Waals surface area (Å²) in [6, 6.07) is 6.81. The largest absolute Gasteiger partial charge is 0.351 e. The second kappa shape index (κ2) is 6.16. The number of hydrogen-bond acceptors (Lipinski definition) is 5. The van der Waals surface area contributed by atoms with Crippen molar-refractivity contribution in [2.45, 2.75) is 18.9 Å². The fourth-order valence-corrected chi connectivity index (χ4v) is 3.11. The maximum absolute atomic E-state index is 13.5. The SMILES string of the molecule is Cn1nc(-c2cccc(F)c2)c2cnc(NC3CCNCC3)nc21. The minimum atomic E-state index is -0.281. The molecule has 2 aromatic heterocycles. The Labute approximate surface area is 139 Å². The first-order valence-corrected chi connectivity index (χ1v) is 8.13. The molecular formula is C17H19FN6. The Kier molecular flexibility index (Phi) is 3.86. The van der Waals surface area contributed by atoms with E-state index < -0.39 is 0 Å². The maximum atomic E-state index is 13.5. The van der Waals surface area contributed by atoms with E-state index in [9.17, 15) is 4.39 Å². The van der Waals surface area contributed by atoms with Crippen LogP contribution in [-0.4, -0.2) is 38.9 Å². The predicted octanol–water partition coefficient (Wildman–Crippen LogP) is 2.33. The van der Waals surface area contributed by atoms with E-state index >= 15 is 0 Å². The molecule has 6 nitrogen and oxygen atoms in total. The minimum absolute atomic E-state index is 0.281. The topological polar surface area (TPSA) is 67.7 Å². The number of hydrogen-bond donors (Lipinski definition) is 2. The second-order valence-corrected chi connectivity index (χ2v) is 6.08. The lowest BCUT2D eigenvalue weighted by molar-refractivity contribution is 0.477. The number of nitrogens with zero attached hydrogens (tertiary/aromatic N) is 4. The number of rotatable bonds is 3. The molecule has 0 aliphatic carbocycles. The standard InChI is InChI=1S/C17H19FN6/c1-24-16-14(15(23-24)11-3-2-4-12(18)9-11)10-20-17(22-16)21-13-5-7-19-8-6-13/h2-4,9-10,13,19H,5-8H2,1H3,(H,20,21,22). The normalized spacial score (nSPS) is 15.8. The molecular weight excluding hydrogens is 307 g/mol. The van der Waals surface area contributed by atoms with Gasteiger partial charge in [-0.1, -0.05) is 12.1 Å². The van der Waals surface area contributed by atoms with E-state index in [1.165, 1.54) is 12.1 Å². The third-order valence-electron chi connectivity index (χ3n) is 4.35. The van der Waals surface area contributed by atoms with Crippen molar-refractivity contribution in [1.82, 2.24) is 25.1 Å². The van der Waals surface area contributed by atoms with Gasteiger partial charge < -0.3 is 10.6 Å². The molecule has 0 radical (unpaired) electrons. The van der Waals surface area contributed by atoms with Crippen molar-refractivity contribution in [3.63, 3.8) is 0 Å². The zero-order valence-electron chi connectivity index (χ0n) is 13.5. The molecule has 0 spiro atoms. The van der Waals surface area contributed by atoms with E-state index in [2.05, 4.69) is 25.7 Å². The molecule has 1 fully saturated rings. The highest BCUT2D eigenvalue weighted by molar-refractivity contribution is 5.91. The lowest BCUT2D eigenvalue weighted by Gasteiger charge is -2.23. The molecule has 4 rings (SSSR count). The lowest BCUT2D eigenvalue weighted by atomic mass is 10.1. The number of nitrogens with one attached hydrogen (secondary N) is 2. The molecule has 1 aromatic carbocycles. The van der Waals surface area contributed by atoms with Crippen LogP contribution in [0.1, 0.15) is 12.8 Å². The summed E-state index contributed by atoms with van der Waals surface area (Å²) in [5.41, 5.74) is 2.16. The van der Waals surface area contributed by atoms with Crippen molar-refractivity contribution < 1.29 is 4.39 Å². The van der Waals surface area contributed by atoms with Gasteiger partial charge in [0, 0.05) is 24.8 Å².